The van der Waals surface area contributed by atoms with Gasteiger partial charge in [0.05, 0.1) is 16.0 Å². The van der Waals surface area contributed by atoms with Crippen molar-refractivity contribution >= 4 is 28.3 Å². The highest BCUT2D eigenvalue weighted by Crippen LogP contribution is 2.37. The Morgan fingerprint density at radius 1 is 1.07 bits per heavy atom. The number of nitrogens with one attached hydrogen (secondary N) is 3. The third kappa shape index (κ3) is 2.88. The summed E-state index contributed by atoms with van der Waals surface area (Å²) < 4.78 is 0. The van der Waals surface area contributed by atoms with E-state index in [1.54, 1.807) is 24.3 Å². The smallest absolute Gasteiger partial charge is 0.314 e. The average molecular weight is 366 g/mol. The standard InChI is InChI=1S/C18H14N4O5/c23-16(19-10-4-2-1-3-5-10)9-6-11-12(7-9)15-13(8-14(11)22(26)27)20-17(24)18(25)21-15/h1-5,8-9H,6-7H2,(H,19,23)(H,20,24)(H,21,25). The van der Waals surface area contributed by atoms with Crippen molar-refractivity contribution in [3.63, 3.8) is 0 Å². The summed E-state index contributed by atoms with van der Waals surface area (Å²) >= 11 is 0. The lowest BCUT2D eigenvalue weighted by atomic mass is 10.1. The van der Waals surface area contributed by atoms with Crippen LogP contribution in [0.1, 0.15) is 11.1 Å². The number of aromatic amines is 2. The van der Waals surface area contributed by atoms with Crippen LogP contribution in [0.4, 0.5) is 11.4 Å². The van der Waals surface area contributed by atoms with E-state index >= 15 is 0 Å². The molecule has 0 fully saturated rings. The summed E-state index contributed by atoms with van der Waals surface area (Å²) in [5.74, 6) is -0.772. The number of nitrogens with zero attached hydrogens (tertiary/aromatic N) is 1. The molecule has 3 N–H and O–H groups in total. The van der Waals surface area contributed by atoms with Crippen LogP contribution in [0.15, 0.2) is 46.0 Å². The molecule has 0 saturated carbocycles. The zero-order chi connectivity index (χ0) is 19.1. The van der Waals surface area contributed by atoms with Crippen molar-refractivity contribution in [1.82, 2.24) is 9.97 Å². The number of para-hydroxylation sites is 1. The van der Waals surface area contributed by atoms with Crippen molar-refractivity contribution in [2.24, 2.45) is 5.92 Å². The lowest BCUT2D eigenvalue weighted by Crippen LogP contribution is -2.29. The van der Waals surface area contributed by atoms with E-state index in [0.29, 0.717) is 22.3 Å². The Labute approximate surface area is 151 Å². The average Bonchev–Trinajstić information content (AvgIpc) is 3.08. The van der Waals surface area contributed by atoms with E-state index in [4.69, 9.17) is 0 Å². The molecule has 9 nitrogen and oxygen atoms in total. The Bertz CT molecular complexity index is 1200. The van der Waals surface area contributed by atoms with Crippen LogP contribution in [0.25, 0.3) is 11.0 Å². The summed E-state index contributed by atoms with van der Waals surface area (Å²) in [6, 6.07) is 10.1. The van der Waals surface area contributed by atoms with Crippen molar-refractivity contribution in [3.05, 3.63) is 78.3 Å². The molecule has 2 aromatic carbocycles. The quantitative estimate of drug-likeness (QED) is 0.366. The molecule has 3 aromatic rings. The Kier molecular flexibility index (Phi) is 3.84. The number of rotatable bonds is 3. The monoisotopic (exact) mass is 366 g/mol. The molecule has 1 atom stereocenters. The summed E-state index contributed by atoms with van der Waals surface area (Å²) in [6.45, 7) is 0. The first-order valence-corrected chi connectivity index (χ1v) is 8.25. The Morgan fingerprint density at radius 3 is 2.44 bits per heavy atom. The highest BCUT2D eigenvalue weighted by molar-refractivity contribution is 5.95. The fraction of sp³-hybridized carbons (Fsp3) is 0.167. The molecule has 1 aliphatic rings. The molecule has 27 heavy (non-hydrogen) atoms. The van der Waals surface area contributed by atoms with Gasteiger partial charge in [0.1, 0.15) is 0 Å². The van der Waals surface area contributed by atoms with Crippen LogP contribution in [0.2, 0.25) is 0 Å². The molecular formula is C18H14N4O5. The molecule has 1 amide bonds. The normalized spacial score (nSPS) is 15.5. The van der Waals surface area contributed by atoms with Gasteiger partial charge in [-0.25, -0.2) is 0 Å². The van der Waals surface area contributed by atoms with Gasteiger partial charge in [-0.05, 0) is 30.5 Å². The van der Waals surface area contributed by atoms with E-state index in [2.05, 4.69) is 15.3 Å². The van der Waals surface area contributed by atoms with Crippen LogP contribution in [-0.2, 0) is 17.6 Å². The van der Waals surface area contributed by atoms with Crippen molar-refractivity contribution in [2.45, 2.75) is 12.8 Å². The second-order valence-corrected chi connectivity index (χ2v) is 6.40. The Hall–Kier alpha value is -3.75. The summed E-state index contributed by atoms with van der Waals surface area (Å²) in [6.07, 6.45) is 0.412. The maximum absolute atomic E-state index is 12.6. The third-order valence-electron chi connectivity index (χ3n) is 4.73. The number of hydrogen-bond donors (Lipinski definition) is 3. The largest absolute Gasteiger partial charge is 0.326 e. The number of anilines is 1. The summed E-state index contributed by atoms with van der Waals surface area (Å²) in [5, 5.41) is 14.3. The van der Waals surface area contributed by atoms with Gasteiger partial charge in [0.25, 0.3) is 5.69 Å². The number of carbonyl (C=O) groups is 1. The van der Waals surface area contributed by atoms with Gasteiger partial charge in [0.2, 0.25) is 5.91 Å². The van der Waals surface area contributed by atoms with Crippen LogP contribution in [0.5, 0.6) is 0 Å². The van der Waals surface area contributed by atoms with Crippen LogP contribution in [0.3, 0.4) is 0 Å². The van der Waals surface area contributed by atoms with E-state index in [9.17, 15) is 24.5 Å². The minimum absolute atomic E-state index is 0.171. The van der Waals surface area contributed by atoms with Crippen molar-refractivity contribution in [1.29, 1.82) is 0 Å². The number of amides is 1. The predicted octanol–water partition coefficient (Wildman–Crippen LogP) is 1.48. The molecule has 0 aliphatic heterocycles. The lowest BCUT2D eigenvalue weighted by Gasteiger charge is -2.10. The Morgan fingerprint density at radius 2 is 1.74 bits per heavy atom. The number of carbonyl (C=O) groups excluding carboxylic acids is 1. The number of nitro groups is 1. The van der Waals surface area contributed by atoms with Gasteiger partial charge in [-0.1, -0.05) is 18.2 Å². The van der Waals surface area contributed by atoms with E-state index < -0.39 is 22.0 Å². The van der Waals surface area contributed by atoms with Gasteiger partial charge in [-0.3, -0.25) is 24.5 Å². The summed E-state index contributed by atoms with van der Waals surface area (Å²) in [4.78, 5) is 51.6. The fourth-order valence-electron chi connectivity index (χ4n) is 3.49. The van der Waals surface area contributed by atoms with Crippen molar-refractivity contribution < 1.29 is 9.72 Å². The summed E-state index contributed by atoms with van der Waals surface area (Å²) in [7, 11) is 0. The number of fused-ring (bicyclic) bond motifs is 3. The molecule has 1 heterocycles. The highest BCUT2D eigenvalue weighted by Gasteiger charge is 2.35. The molecule has 1 aromatic heterocycles. The zero-order valence-electron chi connectivity index (χ0n) is 13.9. The number of H-pyrrole nitrogens is 2. The van der Waals surface area contributed by atoms with Crippen LogP contribution < -0.4 is 16.4 Å². The maximum atomic E-state index is 12.6. The van der Waals surface area contributed by atoms with E-state index in [1.165, 1.54) is 6.07 Å². The van der Waals surface area contributed by atoms with Gasteiger partial charge in [0, 0.05) is 23.2 Å². The molecular weight excluding hydrogens is 352 g/mol. The topological polar surface area (TPSA) is 138 Å². The second-order valence-electron chi connectivity index (χ2n) is 6.40. The SMILES string of the molecule is O=C(Nc1ccccc1)C1Cc2c([N+](=O)[O-])cc3[nH]c(=O)c(=O)[nH]c3c2C1. The molecule has 0 saturated heterocycles. The predicted molar refractivity (Wildman–Crippen MR) is 97.8 cm³/mol. The Balaban J connectivity index is 1.76. The zero-order valence-corrected chi connectivity index (χ0v) is 13.9. The lowest BCUT2D eigenvalue weighted by molar-refractivity contribution is -0.385. The maximum Gasteiger partial charge on any atom is 0.314 e. The first-order valence-electron chi connectivity index (χ1n) is 8.25. The molecule has 0 radical (unpaired) electrons. The van der Waals surface area contributed by atoms with Gasteiger partial charge in [-0.15, -0.1) is 0 Å². The second kappa shape index (κ2) is 6.20. The van der Waals surface area contributed by atoms with E-state index in [0.717, 1.165) is 0 Å². The molecule has 1 unspecified atom stereocenters. The number of hydrogen-bond acceptors (Lipinski definition) is 5. The number of nitro benzene ring substituents is 1. The first kappa shape index (κ1) is 16.7. The third-order valence-corrected chi connectivity index (χ3v) is 4.73. The fourth-order valence-corrected chi connectivity index (χ4v) is 3.49. The van der Waals surface area contributed by atoms with Gasteiger partial charge < -0.3 is 15.3 Å². The number of aromatic nitrogens is 2. The molecule has 0 bridgehead atoms. The van der Waals surface area contributed by atoms with Crippen molar-refractivity contribution in [2.75, 3.05) is 5.32 Å². The highest BCUT2D eigenvalue weighted by atomic mass is 16.6. The molecule has 136 valence electrons. The first-order chi connectivity index (χ1) is 12.9. The molecule has 4 rings (SSSR count). The molecule has 0 spiro atoms. The van der Waals surface area contributed by atoms with Crippen LogP contribution >= 0.6 is 0 Å². The van der Waals surface area contributed by atoms with Gasteiger partial charge >= 0.3 is 11.1 Å². The summed E-state index contributed by atoms with van der Waals surface area (Å²) in [5.41, 5.74) is 0.170. The molecule has 1 aliphatic carbocycles. The van der Waals surface area contributed by atoms with E-state index in [1.807, 2.05) is 6.07 Å². The van der Waals surface area contributed by atoms with Crippen LogP contribution in [-0.4, -0.2) is 20.8 Å². The minimum Gasteiger partial charge on any atom is -0.326 e. The van der Waals surface area contributed by atoms with E-state index in [-0.39, 0.29) is 30.0 Å². The van der Waals surface area contributed by atoms with Crippen molar-refractivity contribution in [3.8, 4) is 0 Å². The van der Waals surface area contributed by atoms with Crippen LogP contribution in [0, 0.1) is 16.0 Å². The molecule has 9 heteroatoms. The van der Waals surface area contributed by atoms with Gasteiger partial charge in [0.15, 0.2) is 0 Å². The number of benzene rings is 2. The minimum atomic E-state index is -0.881. The van der Waals surface area contributed by atoms with Gasteiger partial charge in [-0.2, -0.15) is 0 Å².